The Hall–Kier alpha value is -2.89. The summed E-state index contributed by atoms with van der Waals surface area (Å²) in [4.78, 5) is 10.9. The van der Waals surface area contributed by atoms with Crippen molar-refractivity contribution in [2.24, 2.45) is 10.7 Å². The fourth-order valence-electron chi connectivity index (χ4n) is 2.60. The van der Waals surface area contributed by atoms with Gasteiger partial charge in [0.05, 0.1) is 23.6 Å². The van der Waals surface area contributed by atoms with Gasteiger partial charge in [-0.2, -0.15) is 5.10 Å². The van der Waals surface area contributed by atoms with E-state index in [1.165, 1.54) is 0 Å². The molecule has 3 aromatic rings. The quantitative estimate of drug-likeness (QED) is 0.714. The zero-order valence-electron chi connectivity index (χ0n) is 11.5. The molecule has 2 aromatic heterocycles. The first-order valence-corrected chi connectivity index (χ1v) is 6.70. The first-order valence-electron chi connectivity index (χ1n) is 6.70. The fourth-order valence-corrected chi connectivity index (χ4v) is 2.60. The Morgan fingerprint density at radius 1 is 1.24 bits per heavy atom. The monoisotopic (exact) mass is 278 g/mol. The molecule has 1 aliphatic rings. The molecule has 0 spiro atoms. The zero-order valence-corrected chi connectivity index (χ0v) is 11.5. The van der Waals surface area contributed by atoms with Crippen LogP contribution in [0.5, 0.6) is 0 Å². The van der Waals surface area contributed by atoms with Crippen LogP contribution in [-0.2, 0) is 0 Å². The Balaban J connectivity index is 1.86. The maximum atomic E-state index is 6.01. The molecule has 0 radical (unpaired) electrons. The van der Waals surface area contributed by atoms with Crippen molar-refractivity contribution >= 4 is 28.1 Å². The van der Waals surface area contributed by atoms with Gasteiger partial charge in [0, 0.05) is 22.3 Å². The first-order chi connectivity index (χ1) is 10.2. The summed E-state index contributed by atoms with van der Waals surface area (Å²) in [6.45, 7) is 2.44. The molecule has 3 N–H and O–H groups in total. The third-order valence-electron chi connectivity index (χ3n) is 3.70. The number of aliphatic imine (C=N–C) groups is 1. The molecular weight excluding hydrogens is 264 g/mol. The minimum atomic E-state index is 0.493. The number of amidine groups is 1. The molecule has 0 amide bonds. The number of anilines is 2. The molecular formula is C15H14N6. The number of aromatic nitrogens is 3. The maximum Gasteiger partial charge on any atom is 0.129 e. The van der Waals surface area contributed by atoms with Crippen molar-refractivity contribution in [3.63, 3.8) is 0 Å². The number of benzene rings is 1. The second-order valence-corrected chi connectivity index (χ2v) is 5.10. The van der Waals surface area contributed by atoms with E-state index in [1.807, 2.05) is 37.5 Å². The van der Waals surface area contributed by atoms with Crippen LogP contribution < -0.4 is 10.6 Å². The van der Waals surface area contributed by atoms with Crippen LogP contribution in [0.1, 0.15) is 11.3 Å². The molecule has 0 fully saturated rings. The van der Waals surface area contributed by atoms with Crippen LogP contribution in [0.25, 0.3) is 10.9 Å². The molecule has 104 valence electrons. The summed E-state index contributed by atoms with van der Waals surface area (Å²) in [6.07, 6.45) is 3.67. The van der Waals surface area contributed by atoms with Crippen molar-refractivity contribution in [3.05, 3.63) is 47.9 Å². The highest BCUT2D eigenvalue weighted by Gasteiger charge is 2.20. The SMILES string of the molecule is Cc1cc2c(cn1)N(c1ccc3[nH]ncc3c1)CN=C2N. The van der Waals surface area contributed by atoms with Crippen molar-refractivity contribution in [1.82, 2.24) is 15.2 Å². The third-order valence-corrected chi connectivity index (χ3v) is 3.70. The number of pyridine rings is 1. The number of nitrogens with one attached hydrogen (secondary N) is 1. The Bertz CT molecular complexity index is 863. The molecule has 0 unspecified atom stereocenters. The minimum Gasteiger partial charge on any atom is -0.383 e. The number of nitrogens with two attached hydrogens (primary N) is 1. The third kappa shape index (κ3) is 1.84. The lowest BCUT2D eigenvalue weighted by Crippen LogP contribution is -2.29. The van der Waals surface area contributed by atoms with E-state index in [2.05, 4.69) is 31.1 Å². The van der Waals surface area contributed by atoms with Gasteiger partial charge in [-0.3, -0.25) is 10.1 Å². The number of aromatic amines is 1. The van der Waals surface area contributed by atoms with E-state index < -0.39 is 0 Å². The summed E-state index contributed by atoms with van der Waals surface area (Å²) in [7, 11) is 0. The van der Waals surface area contributed by atoms with Crippen LogP contribution in [0.2, 0.25) is 0 Å². The summed E-state index contributed by atoms with van der Waals surface area (Å²) < 4.78 is 0. The highest BCUT2D eigenvalue weighted by atomic mass is 15.2. The van der Waals surface area contributed by atoms with Gasteiger partial charge in [0.25, 0.3) is 0 Å². The number of aryl methyl sites for hydroxylation is 1. The molecule has 0 saturated carbocycles. The topological polar surface area (TPSA) is 83.2 Å². The lowest BCUT2D eigenvalue weighted by atomic mass is 10.1. The smallest absolute Gasteiger partial charge is 0.129 e. The van der Waals surface area contributed by atoms with Gasteiger partial charge >= 0.3 is 0 Å². The number of hydrogen-bond donors (Lipinski definition) is 2. The van der Waals surface area contributed by atoms with Gasteiger partial charge in [0.2, 0.25) is 0 Å². The van der Waals surface area contributed by atoms with E-state index in [4.69, 9.17) is 5.73 Å². The Labute approximate surface area is 121 Å². The zero-order chi connectivity index (χ0) is 14.4. The summed E-state index contributed by atoms with van der Waals surface area (Å²) in [5, 5.41) is 8.07. The first kappa shape index (κ1) is 11.9. The molecule has 6 nitrogen and oxygen atoms in total. The van der Waals surface area contributed by atoms with Gasteiger partial charge in [-0.05, 0) is 31.2 Å². The predicted octanol–water partition coefficient (Wildman–Crippen LogP) is 2.08. The number of rotatable bonds is 1. The summed E-state index contributed by atoms with van der Waals surface area (Å²) in [6, 6.07) is 8.11. The molecule has 0 atom stereocenters. The second-order valence-electron chi connectivity index (χ2n) is 5.10. The van der Waals surface area contributed by atoms with E-state index in [1.54, 1.807) is 0 Å². The summed E-state index contributed by atoms with van der Waals surface area (Å²) in [5.74, 6) is 0.566. The largest absolute Gasteiger partial charge is 0.383 e. The summed E-state index contributed by atoms with van der Waals surface area (Å²) in [5.41, 5.74) is 10.9. The average molecular weight is 278 g/mol. The van der Waals surface area contributed by atoms with Gasteiger partial charge in [-0.1, -0.05) is 0 Å². The normalized spacial score (nSPS) is 14.1. The standard InChI is InChI=1S/C15H14N6/c1-9-4-12-14(7-17-9)21(8-18-15(12)16)11-2-3-13-10(5-11)6-19-20-13/h2-7H,8H2,1H3,(H2,16,18)(H,19,20). The van der Waals surface area contributed by atoms with E-state index in [-0.39, 0.29) is 0 Å². The number of nitrogens with zero attached hydrogens (tertiary/aromatic N) is 4. The van der Waals surface area contributed by atoms with Crippen LogP contribution >= 0.6 is 0 Å². The molecule has 4 rings (SSSR count). The summed E-state index contributed by atoms with van der Waals surface area (Å²) >= 11 is 0. The molecule has 1 aromatic carbocycles. The van der Waals surface area contributed by atoms with Crippen molar-refractivity contribution in [1.29, 1.82) is 0 Å². The number of hydrogen-bond acceptors (Lipinski definition) is 5. The van der Waals surface area contributed by atoms with Crippen LogP contribution in [0.3, 0.4) is 0 Å². The van der Waals surface area contributed by atoms with Crippen molar-refractivity contribution in [2.75, 3.05) is 11.6 Å². The Kier molecular flexibility index (Phi) is 2.44. The van der Waals surface area contributed by atoms with E-state index >= 15 is 0 Å². The van der Waals surface area contributed by atoms with Gasteiger partial charge in [-0.25, -0.2) is 4.99 Å². The molecule has 6 heteroatoms. The van der Waals surface area contributed by atoms with Crippen LogP contribution in [-0.4, -0.2) is 27.7 Å². The van der Waals surface area contributed by atoms with E-state index in [9.17, 15) is 0 Å². The van der Waals surface area contributed by atoms with Gasteiger partial charge in [0.15, 0.2) is 0 Å². The molecule has 1 aliphatic heterocycles. The van der Waals surface area contributed by atoms with Crippen LogP contribution in [0, 0.1) is 6.92 Å². The van der Waals surface area contributed by atoms with Gasteiger partial charge in [0.1, 0.15) is 12.5 Å². The fraction of sp³-hybridized carbons (Fsp3) is 0.133. The molecule has 0 saturated heterocycles. The highest BCUT2D eigenvalue weighted by Crippen LogP contribution is 2.32. The maximum absolute atomic E-state index is 6.01. The number of fused-ring (bicyclic) bond motifs is 2. The van der Waals surface area contributed by atoms with Crippen molar-refractivity contribution in [3.8, 4) is 0 Å². The van der Waals surface area contributed by atoms with Crippen LogP contribution in [0.4, 0.5) is 11.4 Å². The van der Waals surface area contributed by atoms with Crippen molar-refractivity contribution in [2.45, 2.75) is 6.92 Å². The lowest BCUT2D eigenvalue weighted by Gasteiger charge is -2.28. The second kappa shape index (κ2) is 4.31. The highest BCUT2D eigenvalue weighted by molar-refractivity contribution is 6.05. The Morgan fingerprint density at radius 2 is 2.14 bits per heavy atom. The van der Waals surface area contributed by atoms with Gasteiger partial charge < -0.3 is 10.6 Å². The molecule has 21 heavy (non-hydrogen) atoms. The van der Waals surface area contributed by atoms with E-state index in [0.29, 0.717) is 12.5 Å². The molecule has 0 aliphatic carbocycles. The molecule has 0 bridgehead atoms. The minimum absolute atomic E-state index is 0.493. The van der Waals surface area contributed by atoms with E-state index in [0.717, 1.165) is 33.5 Å². The van der Waals surface area contributed by atoms with Gasteiger partial charge in [-0.15, -0.1) is 0 Å². The predicted molar refractivity (Wildman–Crippen MR) is 82.8 cm³/mol. The van der Waals surface area contributed by atoms with Crippen molar-refractivity contribution < 1.29 is 0 Å². The average Bonchev–Trinajstić information content (AvgIpc) is 2.95. The lowest BCUT2D eigenvalue weighted by molar-refractivity contribution is 0.949. The number of H-pyrrole nitrogens is 1. The van der Waals surface area contributed by atoms with Crippen LogP contribution in [0.15, 0.2) is 41.7 Å². The molecule has 3 heterocycles. The Morgan fingerprint density at radius 3 is 3.05 bits per heavy atom.